The van der Waals surface area contributed by atoms with Gasteiger partial charge in [-0.15, -0.1) is 0 Å². The molecule has 0 unspecified atom stereocenters. The fourth-order valence-corrected chi connectivity index (χ4v) is 2.83. The summed E-state index contributed by atoms with van der Waals surface area (Å²) in [5.74, 6) is 0.189. The number of anilines is 1. The molecule has 1 aliphatic heterocycles. The maximum Gasteiger partial charge on any atom is 0.219 e. The molecule has 1 fully saturated rings. The van der Waals surface area contributed by atoms with Gasteiger partial charge in [0.2, 0.25) is 5.91 Å². The lowest BCUT2D eigenvalue weighted by Gasteiger charge is -2.32. The Bertz CT molecular complexity index is 456. The van der Waals surface area contributed by atoms with Gasteiger partial charge in [-0.2, -0.15) is 0 Å². The van der Waals surface area contributed by atoms with Crippen molar-refractivity contribution in [3.05, 3.63) is 27.7 Å². The molecule has 4 heteroatoms. The molecule has 0 bridgehead atoms. The third-order valence-corrected chi connectivity index (χ3v) is 5.00. The average molecular weight is 325 g/mol. The molecular formula is C15H21BrN2O. The summed E-state index contributed by atoms with van der Waals surface area (Å²) in [6, 6.07) is 4.82. The van der Waals surface area contributed by atoms with Crippen LogP contribution in [0.1, 0.15) is 30.9 Å². The molecule has 1 N–H and O–H groups in total. The van der Waals surface area contributed by atoms with Crippen LogP contribution in [0.5, 0.6) is 0 Å². The summed E-state index contributed by atoms with van der Waals surface area (Å²) < 4.78 is 1.18. The third-order valence-electron chi connectivity index (χ3n) is 3.75. The molecule has 2 rings (SSSR count). The summed E-state index contributed by atoms with van der Waals surface area (Å²) in [5, 5.41) is 3.59. The van der Waals surface area contributed by atoms with Gasteiger partial charge in [-0.1, -0.05) is 15.9 Å². The summed E-state index contributed by atoms with van der Waals surface area (Å²) in [7, 11) is 0. The van der Waals surface area contributed by atoms with Gasteiger partial charge >= 0.3 is 0 Å². The van der Waals surface area contributed by atoms with Crippen LogP contribution in [0.3, 0.4) is 0 Å². The number of carbonyl (C=O) groups excluding carboxylic acids is 1. The lowest BCUT2D eigenvalue weighted by molar-refractivity contribution is -0.129. The number of nitrogens with one attached hydrogen (secondary N) is 1. The number of hydrogen-bond acceptors (Lipinski definition) is 2. The Morgan fingerprint density at radius 1 is 1.26 bits per heavy atom. The fraction of sp³-hybridized carbons (Fsp3) is 0.533. The molecular weight excluding hydrogens is 304 g/mol. The number of carbonyl (C=O) groups is 1. The lowest BCUT2D eigenvalue weighted by atomic mass is 10.0. The molecule has 1 saturated heterocycles. The van der Waals surface area contributed by atoms with Crippen LogP contribution in [0.25, 0.3) is 0 Å². The summed E-state index contributed by atoms with van der Waals surface area (Å²) >= 11 is 3.59. The molecule has 1 aromatic carbocycles. The van der Waals surface area contributed by atoms with Gasteiger partial charge in [0.1, 0.15) is 0 Å². The standard InChI is InChI=1S/C15H21BrN2O/c1-10-8-14(9-11(2)15(10)16)17-13-4-6-18(7-5-13)12(3)19/h8-9,13,17H,4-7H2,1-3H3. The van der Waals surface area contributed by atoms with Crippen LogP contribution in [-0.2, 0) is 4.79 Å². The molecule has 19 heavy (non-hydrogen) atoms. The highest BCUT2D eigenvalue weighted by Crippen LogP contribution is 2.26. The zero-order chi connectivity index (χ0) is 14.0. The topological polar surface area (TPSA) is 32.3 Å². The van der Waals surface area contributed by atoms with E-state index in [-0.39, 0.29) is 5.91 Å². The minimum absolute atomic E-state index is 0.189. The van der Waals surface area contributed by atoms with Gasteiger partial charge in [0.25, 0.3) is 0 Å². The number of piperidine rings is 1. The number of amides is 1. The molecule has 3 nitrogen and oxygen atoms in total. The summed E-state index contributed by atoms with van der Waals surface area (Å²) in [5.41, 5.74) is 3.69. The van der Waals surface area contributed by atoms with E-state index in [4.69, 9.17) is 0 Å². The first-order valence-corrected chi connectivity index (χ1v) is 7.55. The first-order valence-electron chi connectivity index (χ1n) is 6.76. The summed E-state index contributed by atoms with van der Waals surface area (Å²) in [6.07, 6.45) is 2.04. The largest absolute Gasteiger partial charge is 0.382 e. The monoisotopic (exact) mass is 324 g/mol. The van der Waals surface area contributed by atoms with Gasteiger partial charge in [0, 0.05) is 36.2 Å². The summed E-state index contributed by atoms with van der Waals surface area (Å²) in [6.45, 7) is 7.60. The number of hydrogen-bond donors (Lipinski definition) is 1. The second-order valence-corrected chi connectivity index (χ2v) is 6.14. The lowest BCUT2D eigenvalue weighted by Crippen LogP contribution is -2.41. The molecule has 1 aromatic rings. The average Bonchev–Trinajstić information content (AvgIpc) is 2.36. The van der Waals surface area contributed by atoms with Crippen molar-refractivity contribution in [1.82, 2.24) is 4.90 Å². The molecule has 0 radical (unpaired) electrons. The van der Waals surface area contributed by atoms with E-state index in [1.807, 2.05) is 4.90 Å². The molecule has 0 aliphatic carbocycles. The minimum atomic E-state index is 0.189. The summed E-state index contributed by atoms with van der Waals surface area (Å²) in [4.78, 5) is 13.2. The normalized spacial score (nSPS) is 16.5. The van der Waals surface area contributed by atoms with Gasteiger partial charge in [0.15, 0.2) is 0 Å². The van der Waals surface area contributed by atoms with E-state index < -0.39 is 0 Å². The Kier molecular flexibility index (Phi) is 4.50. The molecule has 1 aliphatic rings. The number of aryl methyl sites for hydroxylation is 2. The Morgan fingerprint density at radius 2 is 1.79 bits per heavy atom. The van der Waals surface area contributed by atoms with Crippen molar-refractivity contribution in [2.75, 3.05) is 18.4 Å². The van der Waals surface area contributed by atoms with Crippen LogP contribution in [0, 0.1) is 13.8 Å². The Labute approximate surface area is 123 Å². The third kappa shape index (κ3) is 3.50. The molecule has 1 heterocycles. The van der Waals surface area contributed by atoms with Crippen LogP contribution in [0.15, 0.2) is 16.6 Å². The van der Waals surface area contributed by atoms with Crippen molar-refractivity contribution >= 4 is 27.5 Å². The maximum atomic E-state index is 11.3. The van der Waals surface area contributed by atoms with E-state index >= 15 is 0 Å². The molecule has 1 amide bonds. The van der Waals surface area contributed by atoms with E-state index in [1.54, 1.807) is 6.92 Å². The SMILES string of the molecule is CC(=O)N1CCC(Nc2cc(C)c(Br)c(C)c2)CC1. The zero-order valence-electron chi connectivity index (χ0n) is 11.8. The van der Waals surface area contributed by atoms with Crippen LogP contribution >= 0.6 is 15.9 Å². The second kappa shape index (κ2) is 5.95. The smallest absolute Gasteiger partial charge is 0.219 e. The second-order valence-electron chi connectivity index (χ2n) is 5.35. The number of likely N-dealkylation sites (tertiary alicyclic amines) is 1. The van der Waals surface area contributed by atoms with Crippen LogP contribution in [0.2, 0.25) is 0 Å². The quantitative estimate of drug-likeness (QED) is 0.903. The van der Waals surface area contributed by atoms with Crippen molar-refractivity contribution in [2.45, 2.75) is 39.7 Å². The predicted octanol–water partition coefficient (Wildman–Crippen LogP) is 3.49. The number of rotatable bonds is 2. The van der Waals surface area contributed by atoms with Crippen molar-refractivity contribution in [3.8, 4) is 0 Å². The Hall–Kier alpha value is -1.03. The van der Waals surface area contributed by atoms with Gasteiger partial charge in [-0.3, -0.25) is 4.79 Å². The van der Waals surface area contributed by atoms with E-state index in [2.05, 4.69) is 47.2 Å². The van der Waals surface area contributed by atoms with Crippen LogP contribution in [-0.4, -0.2) is 29.9 Å². The molecule has 0 aromatic heterocycles. The van der Waals surface area contributed by atoms with Crippen molar-refractivity contribution in [1.29, 1.82) is 0 Å². The highest BCUT2D eigenvalue weighted by molar-refractivity contribution is 9.10. The van der Waals surface area contributed by atoms with Crippen molar-refractivity contribution in [3.63, 3.8) is 0 Å². The van der Waals surface area contributed by atoms with E-state index in [0.29, 0.717) is 6.04 Å². The number of halogens is 1. The minimum Gasteiger partial charge on any atom is -0.382 e. The van der Waals surface area contributed by atoms with E-state index in [9.17, 15) is 4.79 Å². The Balaban J connectivity index is 1.98. The van der Waals surface area contributed by atoms with Crippen molar-refractivity contribution < 1.29 is 4.79 Å². The van der Waals surface area contributed by atoms with Gasteiger partial charge in [0.05, 0.1) is 0 Å². The number of benzene rings is 1. The molecule has 104 valence electrons. The predicted molar refractivity (Wildman–Crippen MR) is 82.5 cm³/mol. The van der Waals surface area contributed by atoms with Gasteiger partial charge in [-0.25, -0.2) is 0 Å². The van der Waals surface area contributed by atoms with Crippen molar-refractivity contribution in [2.24, 2.45) is 0 Å². The number of nitrogens with zero attached hydrogens (tertiary/aromatic N) is 1. The maximum absolute atomic E-state index is 11.3. The first kappa shape index (κ1) is 14.4. The van der Waals surface area contributed by atoms with Gasteiger partial charge in [-0.05, 0) is 49.9 Å². The van der Waals surface area contributed by atoms with Crippen LogP contribution < -0.4 is 5.32 Å². The zero-order valence-corrected chi connectivity index (χ0v) is 13.4. The molecule has 0 atom stereocenters. The van der Waals surface area contributed by atoms with Gasteiger partial charge < -0.3 is 10.2 Å². The van der Waals surface area contributed by atoms with E-state index in [1.165, 1.54) is 21.3 Å². The highest BCUT2D eigenvalue weighted by Gasteiger charge is 2.20. The molecule has 0 saturated carbocycles. The van der Waals surface area contributed by atoms with Crippen LogP contribution in [0.4, 0.5) is 5.69 Å². The fourth-order valence-electron chi connectivity index (χ4n) is 2.60. The highest BCUT2D eigenvalue weighted by atomic mass is 79.9. The first-order chi connectivity index (χ1) is 8.97. The Morgan fingerprint density at radius 3 is 2.26 bits per heavy atom. The van der Waals surface area contributed by atoms with E-state index in [0.717, 1.165) is 25.9 Å². The molecule has 0 spiro atoms.